The fourth-order valence-corrected chi connectivity index (χ4v) is 3.76. The molecule has 0 radical (unpaired) electrons. The summed E-state index contributed by atoms with van der Waals surface area (Å²) in [5.74, 6) is 1.63. The maximum Gasteiger partial charge on any atom is 0.223 e. The van der Waals surface area contributed by atoms with Gasteiger partial charge < -0.3 is 10.1 Å². The molecule has 4 heteroatoms. The van der Waals surface area contributed by atoms with Crippen molar-refractivity contribution in [2.45, 2.75) is 39.2 Å². The van der Waals surface area contributed by atoms with Gasteiger partial charge in [-0.25, -0.2) is 0 Å². The molecule has 0 saturated carbocycles. The number of para-hydroxylation sites is 1. The first-order valence-electron chi connectivity index (χ1n) is 10.4. The van der Waals surface area contributed by atoms with E-state index in [4.69, 9.17) is 4.74 Å². The van der Waals surface area contributed by atoms with E-state index in [1.54, 1.807) is 0 Å². The van der Waals surface area contributed by atoms with Crippen LogP contribution in [0.25, 0.3) is 0 Å². The second-order valence-electron chi connectivity index (χ2n) is 7.87. The molecule has 150 valence electrons. The van der Waals surface area contributed by atoms with Crippen LogP contribution in [0.5, 0.6) is 5.75 Å². The van der Waals surface area contributed by atoms with Gasteiger partial charge in [0.15, 0.2) is 0 Å². The number of nitrogens with one attached hydrogen (secondary N) is 1. The topological polar surface area (TPSA) is 41.6 Å². The molecule has 0 spiro atoms. The Morgan fingerprint density at radius 1 is 1.07 bits per heavy atom. The summed E-state index contributed by atoms with van der Waals surface area (Å²) in [5.41, 5.74) is 2.55. The van der Waals surface area contributed by atoms with Crippen molar-refractivity contribution in [3.8, 4) is 5.75 Å². The van der Waals surface area contributed by atoms with E-state index in [9.17, 15) is 4.79 Å². The molecular formula is C24H32N2O2. The van der Waals surface area contributed by atoms with E-state index in [0.717, 1.165) is 38.2 Å². The highest BCUT2D eigenvalue weighted by Gasteiger charge is 2.24. The first-order chi connectivity index (χ1) is 13.6. The fourth-order valence-electron chi connectivity index (χ4n) is 3.76. The summed E-state index contributed by atoms with van der Waals surface area (Å²) in [6.07, 6.45) is 1.85. The molecule has 1 aliphatic heterocycles. The number of carbonyl (C=O) groups excluding carboxylic acids is 1. The number of rotatable bonds is 8. The third kappa shape index (κ3) is 5.83. The lowest BCUT2D eigenvalue weighted by Crippen LogP contribution is -2.41. The Morgan fingerprint density at radius 2 is 1.75 bits per heavy atom. The minimum absolute atomic E-state index is 0.120. The van der Waals surface area contributed by atoms with Crippen LogP contribution in [0.2, 0.25) is 0 Å². The van der Waals surface area contributed by atoms with E-state index >= 15 is 0 Å². The lowest BCUT2D eigenvalue weighted by molar-refractivity contribution is -0.126. The molecular weight excluding hydrogens is 348 g/mol. The molecule has 4 nitrogen and oxygen atoms in total. The molecule has 2 aromatic rings. The fraction of sp³-hybridized carbons (Fsp3) is 0.458. The summed E-state index contributed by atoms with van der Waals surface area (Å²) < 4.78 is 5.90. The predicted molar refractivity (Wildman–Crippen MR) is 113 cm³/mol. The van der Waals surface area contributed by atoms with Crippen LogP contribution in [0, 0.1) is 5.92 Å². The van der Waals surface area contributed by atoms with E-state index in [0.29, 0.717) is 19.1 Å². The lowest BCUT2D eigenvalue weighted by Gasteiger charge is -2.31. The molecule has 0 unspecified atom stereocenters. The number of amides is 1. The third-order valence-electron chi connectivity index (χ3n) is 5.41. The predicted octanol–water partition coefficient (Wildman–Crippen LogP) is 4.22. The van der Waals surface area contributed by atoms with Crippen LogP contribution in [0.1, 0.15) is 43.7 Å². The highest BCUT2D eigenvalue weighted by Crippen LogP contribution is 2.25. The van der Waals surface area contributed by atoms with Crippen molar-refractivity contribution in [2.75, 3.05) is 26.2 Å². The first-order valence-corrected chi connectivity index (χ1v) is 10.4. The highest BCUT2D eigenvalue weighted by atomic mass is 16.5. The van der Waals surface area contributed by atoms with Crippen LogP contribution in [0.3, 0.4) is 0 Å². The average molecular weight is 381 g/mol. The lowest BCUT2D eigenvalue weighted by atomic mass is 9.95. The van der Waals surface area contributed by atoms with E-state index in [-0.39, 0.29) is 11.8 Å². The van der Waals surface area contributed by atoms with Gasteiger partial charge in [0.05, 0.1) is 6.54 Å². The summed E-state index contributed by atoms with van der Waals surface area (Å²) in [5, 5.41) is 3.05. The maximum atomic E-state index is 12.5. The van der Waals surface area contributed by atoms with Gasteiger partial charge in [0.1, 0.15) is 12.4 Å². The molecule has 2 aromatic carbocycles. The molecule has 1 aliphatic rings. The summed E-state index contributed by atoms with van der Waals surface area (Å²) in [4.78, 5) is 14.9. The molecule has 28 heavy (non-hydrogen) atoms. The van der Waals surface area contributed by atoms with Crippen LogP contribution in [0.15, 0.2) is 54.6 Å². The van der Waals surface area contributed by atoms with Gasteiger partial charge in [-0.1, -0.05) is 62.4 Å². The van der Waals surface area contributed by atoms with Gasteiger partial charge in [0.25, 0.3) is 0 Å². The van der Waals surface area contributed by atoms with Gasteiger partial charge in [-0.2, -0.15) is 0 Å². The van der Waals surface area contributed by atoms with Gasteiger partial charge in [-0.15, -0.1) is 0 Å². The molecule has 1 amide bonds. The largest absolute Gasteiger partial charge is 0.491 e. The number of hydrogen-bond acceptors (Lipinski definition) is 3. The molecule has 0 aromatic heterocycles. The van der Waals surface area contributed by atoms with E-state index < -0.39 is 0 Å². The maximum absolute atomic E-state index is 12.5. The zero-order valence-corrected chi connectivity index (χ0v) is 17.1. The number of benzene rings is 2. The molecule has 1 N–H and O–H groups in total. The second kappa shape index (κ2) is 10.3. The number of carbonyl (C=O) groups is 1. The summed E-state index contributed by atoms with van der Waals surface area (Å²) in [6, 6.07) is 18.7. The van der Waals surface area contributed by atoms with Gasteiger partial charge in [-0.3, -0.25) is 9.69 Å². The second-order valence-corrected chi connectivity index (χ2v) is 7.87. The van der Waals surface area contributed by atoms with Crippen molar-refractivity contribution < 1.29 is 9.53 Å². The number of nitrogens with zero attached hydrogens (tertiary/aromatic N) is 1. The van der Waals surface area contributed by atoms with E-state index in [1.807, 2.05) is 24.3 Å². The Bertz CT molecular complexity index is 737. The Hall–Kier alpha value is -2.33. The van der Waals surface area contributed by atoms with Crippen molar-refractivity contribution in [3.05, 3.63) is 65.7 Å². The summed E-state index contributed by atoms with van der Waals surface area (Å²) >= 11 is 0. The number of piperidine rings is 1. The molecule has 1 saturated heterocycles. The third-order valence-corrected chi connectivity index (χ3v) is 5.41. The van der Waals surface area contributed by atoms with Crippen LogP contribution in [-0.2, 0) is 11.3 Å². The summed E-state index contributed by atoms with van der Waals surface area (Å²) in [6.45, 7) is 8.30. The molecule has 0 bridgehead atoms. The monoisotopic (exact) mass is 380 g/mol. The molecule has 1 heterocycles. The molecule has 1 fully saturated rings. The van der Waals surface area contributed by atoms with Crippen LogP contribution >= 0.6 is 0 Å². The van der Waals surface area contributed by atoms with Gasteiger partial charge in [0, 0.05) is 12.5 Å². The van der Waals surface area contributed by atoms with Crippen molar-refractivity contribution in [3.63, 3.8) is 0 Å². The standard InChI is InChI=1S/C24H32N2O2/c1-19(2)22-10-6-7-11-23(22)28-17-14-25-24(27)21-12-15-26(16-13-21)18-20-8-4-3-5-9-20/h3-11,19,21H,12-18H2,1-2H3,(H,25,27). The van der Waals surface area contributed by atoms with Crippen LogP contribution in [-0.4, -0.2) is 37.0 Å². The average Bonchev–Trinajstić information content (AvgIpc) is 2.72. The normalized spacial score (nSPS) is 15.5. The zero-order valence-electron chi connectivity index (χ0n) is 17.1. The first kappa shape index (κ1) is 20.4. The quantitative estimate of drug-likeness (QED) is 0.697. The Balaban J connectivity index is 1.36. The van der Waals surface area contributed by atoms with Crippen LogP contribution in [0.4, 0.5) is 0 Å². The van der Waals surface area contributed by atoms with E-state index in [1.165, 1.54) is 11.1 Å². The number of hydrogen-bond donors (Lipinski definition) is 1. The van der Waals surface area contributed by atoms with Gasteiger partial charge >= 0.3 is 0 Å². The Morgan fingerprint density at radius 3 is 2.46 bits per heavy atom. The minimum Gasteiger partial charge on any atom is -0.491 e. The SMILES string of the molecule is CC(C)c1ccccc1OCCNC(=O)C1CCN(Cc2ccccc2)CC1. The van der Waals surface area contributed by atoms with Crippen molar-refractivity contribution in [1.29, 1.82) is 0 Å². The molecule has 0 aliphatic carbocycles. The van der Waals surface area contributed by atoms with Crippen molar-refractivity contribution >= 4 is 5.91 Å². The van der Waals surface area contributed by atoms with Crippen molar-refractivity contribution in [2.24, 2.45) is 5.92 Å². The summed E-state index contributed by atoms with van der Waals surface area (Å²) in [7, 11) is 0. The Labute approximate surface area is 168 Å². The van der Waals surface area contributed by atoms with Gasteiger partial charge in [-0.05, 0) is 49.0 Å². The number of likely N-dealkylation sites (tertiary alicyclic amines) is 1. The molecule has 0 atom stereocenters. The van der Waals surface area contributed by atoms with Gasteiger partial charge in [0.2, 0.25) is 5.91 Å². The number of ether oxygens (including phenoxy) is 1. The van der Waals surface area contributed by atoms with E-state index in [2.05, 4.69) is 54.4 Å². The highest BCUT2D eigenvalue weighted by molar-refractivity contribution is 5.78. The zero-order chi connectivity index (χ0) is 19.8. The molecule has 3 rings (SSSR count). The Kier molecular flexibility index (Phi) is 7.49. The minimum atomic E-state index is 0.120. The van der Waals surface area contributed by atoms with Crippen LogP contribution < -0.4 is 10.1 Å². The van der Waals surface area contributed by atoms with Crippen molar-refractivity contribution in [1.82, 2.24) is 10.2 Å². The smallest absolute Gasteiger partial charge is 0.223 e.